The van der Waals surface area contributed by atoms with Crippen LogP contribution in [0.25, 0.3) is 0 Å². The van der Waals surface area contributed by atoms with Gasteiger partial charge in [-0.15, -0.1) is 0 Å². The van der Waals surface area contributed by atoms with E-state index in [9.17, 15) is 14.4 Å². The van der Waals surface area contributed by atoms with Crippen LogP contribution in [0.15, 0.2) is 18.2 Å². The average molecular weight is 492 g/mol. The van der Waals surface area contributed by atoms with Crippen molar-refractivity contribution in [3.8, 4) is 11.5 Å². The maximum Gasteiger partial charge on any atom is 0.308 e. The molecule has 1 aliphatic heterocycles. The van der Waals surface area contributed by atoms with Gasteiger partial charge in [-0.25, -0.2) is 0 Å². The maximum absolute atomic E-state index is 11.5. The molecule has 0 saturated carbocycles. The van der Waals surface area contributed by atoms with Crippen molar-refractivity contribution in [2.75, 3.05) is 6.61 Å². The summed E-state index contributed by atoms with van der Waals surface area (Å²) in [6.07, 6.45) is -2.64. The Morgan fingerprint density at radius 2 is 1.56 bits per heavy atom. The van der Waals surface area contributed by atoms with E-state index in [2.05, 4.69) is 22.6 Å². The molecule has 27 heavy (non-hydrogen) atoms. The second-order valence-electron chi connectivity index (χ2n) is 6.16. The van der Waals surface area contributed by atoms with E-state index in [0.717, 1.165) is 3.57 Å². The number of ether oxygens (including phenoxy) is 5. The zero-order chi connectivity index (χ0) is 20.1. The number of halogens is 1. The highest BCUT2D eigenvalue weighted by molar-refractivity contribution is 14.1. The van der Waals surface area contributed by atoms with Gasteiger partial charge in [-0.05, 0) is 34.7 Å². The summed E-state index contributed by atoms with van der Waals surface area (Å²) in [6, 6.07) is 4.90. The lowest BCUT2D eigenvalue weighted by atomic mass is 9.97. The molecule has 0 aromatic heterocycles. The quantitative estimate of drug-likeness (QED) is 0.352. The first-order chi connectivity index (χ1) is 12.7. The molecule has 1 fully saturated rings. The molecule has 1 saturated heterocycles. The lowest BCUT2D eigenvalue weighted by Crippen LogP contribution is -2.55. The minimum absolute atomic E-state index is 0.189. The number of carbonyl (C=O) groups is 3. The van der Waals surface area contributed by atoms with Crippen molar-refractivity contribution < 1.29 is 38.1 Å². The van der Waals surface area contributed by atoms with Crippen LogP contribution in [0.2, 0.25) is 0 Å². The van der Waals surface area contributed by atoms with Crippen LogP contribution in [0.1, 0.15) is 27.7 Å². The van der Waals surface area contributed by atoms with Gasteiger partial charge in [0.1, 0.15) is 17.6 Å². The summed E-state index contributed by atoms with van der Waals surface area (Å²) >= 11 is 2.05. The van der Waals surface area contributed by atoms with Gasteiger partial charge < -0.3 is 23.7 Å². The van der Waals surface area contributed by atoms with Crippen LogP contribution in [0.4, 0.5) is 0 Å². The van der Waals surface area contributed by atoms with E-state index in [0.29, 0.717) is 11.5 Å². The van der Waals surface area contributed by atoms with Gasteiger partial charge in [-0.2, -0.15) is 0 Å². The first-order valence-electron chi connectivity index (χ1n) is 8.27. The van der Waals surface area contributed by atoms with Crippen molar-refractivity contribution in [3.63, 3.8) is 0 Å². The molecule has 1 aromatic carbocycles. The van der Waals surface area contributed by atoms with E-state index in [4.69, 9.17) is 23.7 Å². The number of carbonyl (C=O) groups excluding carboxylic acids is 3. The predicted molar refractivity (Wildman–Crippen MR) is 101 cm³/mol. The minimum atomic E-state index is -0.988. The molecule has 1 aliphatic rings. The summed E-state index contributed by atoms with van der Waals surface area (Å²) in [4.78, 5) is 34.2. The zero-order valence-corrected chi connectivity index (χ0v) is 17.6. The highest BCUT2D eigenvalue weighted by Crippen LogP contribution is 2.30. The zero-order valence-electron chi connectivity index (χ0n) is 15.4. The SMILES string of the molecule is CC(=O)Oc1cc(I)cc(O[C@H]2OC[C@@H](C)[C@H](OC(C)=O)[C@H]2OC(C)=O)c1. The Labute approximate surface area is 170 Å². The third kappa shape index (κ3) is 6.35. The van der Waals surface area contributed by atoms with Crippen LogP contribution in [0.5, 0.6) is 11.5 Å². The first-order valence-corrected chi connectivity index (χ1v) is 9.35. The van der Waals surface area contributed by atoms with Crippen molar-refractivity contribution in [2.45, 2.75) is 46.2 Å². The molecule has 8 nitrogen and oxygen atoms in total. The Morgan fingerprint density at radius 1 is 0.963 bits per heavy atom. The van der Waals surface area contributed by atoms with E-state index >= 15 is 0 Å². The Hall–Kier alpha value is -1.88. The van der Waals surface area contributed by atoms with Gasteiger partial charge in [-0.3, -0.25) is 14.4 Å². The highest BCUT2D eigenvalue weighted by atomic mass is 127. The Bertz CT molecular complexity index is 719. The Kier molecular flexibility index (Phi) is 7.42. The summed E-state index contributed by atoms with van der Waals surface area (Å²) in [5.41, 5.74) is 0. The molecule has 9 heteroatoms. The Morgan fingerprint density at radius 3 is 2.15 bits per heavy atom. The van der Waals surface area contributed by atoms with Gasteiger partial charge in [-0.1, -0.05) is 6.92 Å². The van der Waals surface area contributed by atoms with Gasteiger partial charge in [0.05, 0.1) is 6.61 Å². The summed E-state index contributed by atoms with van der Waals surface area (Å²) in [6.45, 7) is 5.91. The molecule has 0 N–H and O–H groups in total. The third-order valence-corrected chi connectivity index (χ3v) is 4.26. The van der Waals surface area contributed by atoms with Crippen LogP contribution in [-0.2, 0) is 28.6 Å². The normalized spacial score (nSPS) is 24.6. The van der Waals surface area contributed by atoms with Gasteiger partial charge in [0.2, 0.25) is 12.4 Å². The molecule has 0 unspecified atom stereocenters. The van der Waals surface area contributed by atoms with Crippen molar-refractivity contribution in [1.82, 2.24) is 0 Å². The van der Waals surface area contributed by atoms with Gasteiger partial charge >= 0.3 is 17.9 Å². The fourth-order valence-electron chi connectivity index (χ4n) is 2.67. The molecule has 0 spiro atoms. The molecule has 1 heterocycles. The predicted octanol–water partition coefficient (Wildman–Crippen LogP) is 2.45. The van der Waals surface area contributed by atoms with Crippen LogP contribution >= 0.6 is 22.6 Å². The molecular formula is C18H21IO8. The number of benzene rings is 1. The summed E-state index contributed by atoms with van der Waals surface area (Å²) in [5, 5.41) is 0. The van der Waals surface area contributed by atoms with Crippen LogP contribution in [0, 0.1) is 9.49 Å². The van der Waals surface area contributed by atoms with E-state index in [1.54, 1.807) is 12.1 Å². The van der Waals surface area contributed by atoms with E-state index in [-0.39, 0.29) is 12.5 Å². The fourth-order valence-corrected chi connectivity index (χ4v) is 3.28. The summed E-state index contributed by atoms with van der Waals surface area (Å²) < 4.78 is 28.1. The monoisotopic (exact) mass is 492 g/mol. The highest BCUT2D eigenvalue weighted by Gasteiger charge is 2.44. The van der Waals surface area contributed by atoms with E-state index in [1.807, 2.05) is 6.92 Å². The molecule has 0 aliphatic carbocycles. The molecule has 0 radical (unpaired) electrons. The summed E-state index contributed by atoms with van der Waals surface area (Å²) in [7, 11) is 0. The van der Waals surface area contributed by atoms with Gasteiger partial charge in [0.25, 0.3) is 0 Å². The van der Waals surface area contributed by atoms with E-state index in [1.165, 1.54) is 26.8 Å². The lowest BCUT2D eigenvalue weighted by Gasteiger charge is -2.39. The van der Waals surface area contributed by atoms with Crippen LogP contribution in [-0.4, -0.2) is 43.0 Å². The third-order valence-electron chi connectivity index (χ3n) is 3.64. The molecule has 1 aromatic rings. The molecule has 148 valence electrons. The van der Waals surface area contributed by atoms with Crippen molar-refractivity contribution in [2.24, 2.45) is 5.92 Å². The van der Waals surface area contributed by atoms with E-state index < -0.39 is 36.4 Å². The number of rotatable bonds is 5. The Balaban J connectivity index is 2.26. The maximum atomic E-state index is 11.5. The largest absolute Gasteiger partial charge is 0.461 e. The molecule has 4 atom stereocenters. The standard InChI is InChI=1S/C18H21IO8/c1-9-8-23-18(17(26-12(4)22)16(9)25-11(3)21)27-15-6-13(19)5-14(7-15)24-10(2)20/h5-7,9,16-18H,8H2,1-4H3/t9-,16+,17-,18-/m1/s1. The number of esters is 3. The fraction of sp³-hybridized carbons (Fsp3) is 0.500. The second kappa shape index (κ2) is 9.36. The van der Waals surface area contributed by atoms with Crippen LogP contribution < -0.4 is 9.47 Å². The van der Waals surface area contributed by atoms with Gasteiger partial charge in [0.15, 0.2) is 0 Å². The van der Waals surface area contributed by atoms with Crippen LogP contribution in [0.3, 0.4) is 0 Å². The molecular weight excluding hydrogens is 471 g/mol. The topological polar surface area (TPSA) is 97.4 Å². The lowest BCUT2D eigenvalue weighted by molar-refractivity contribution is -0.243. The average Bonchev–Trinajstić information content (AvgIpc) is 2.51. The van der Waals surface area contributed by atoms with Gasteiger partial charge in [0, 0.05) is 36.3 Å². The number of hydrogen-bond donors (Lipinski definition) is 0. The molecule has 0 amide bonds. The first kappa shape index (κ1) is 21.4. The smallest absolute Gasteiger partial charge is 0.308 e. The van der Waals surface area contributed by atoms with Crippen molar-refractivity contribution in [1.29, 1.82) is 0 Å². The van der Waals surface area contributed by atoms with Crippen molar-refractivity contribution >= 4 is 40.5 Å². The minimum Gasteiger partial charge on any atom is -0.461 e. The van der Waals surface area contributed by atoms with Crippen molar-refractivity contribution in [3.05, 3.63) is 21.8 Å². The number of hydrogen-bond acceptors (Lipinski definition) is 8. The molecule has 2 rings (SSSR count). The molecule has 0 bridgehead atoms. The second-order valence-corrected chi connectivity index (χ2v) is 7.41. The summed E-state index contributed by atoms with van der Waals surface area (Å²) in [5.74, 6) is -1.02.